The minimum atomic E-state index is -0.853. The SMILES string of the molecule is Cc1c(Cl)cnn1Cc1ccc([N+](=O)[O-])c(F)c1. The summed E-state index contributed by atoms with van der Waals surface area (Å²) in [5.41, 5.74) is 0.811. The van der Waals surface area contributed by atoms with Crippen LogP contribution < -0.4 is 0 Å². The topological polar surface area (TPSA) is 61.0 Å². The summed E-state index contributed by atoms with van der Waals surface area (Å²) >= 11 is 5.85. The molecule has 5 nitrogen and oxygen atoms in total. The number of nitro groups is 1. The molecule has 0 radical (unpaired) electrons. The van der Waals surface area contributed by atoms with Crippen molar-refractivity contribution in [3.8, 4) is 0 Å². The highest BCUT2D eigenvalue weighted by molar-refractivity contribution is 6.31. The van der Waals surface area contributed by atoms with Gasteiger partial charge in [0, 0.05) is 6.07 Å². The molecule has 0 fully saturated rings. The van der Waals surface area contributed by atoms with Gasteiger partial charge in [0.1, 0.15) is 0 Å². The van der Waals surface area contributed by atoms with Crippen molar-refractivity contribution in [2.75, 3.05) is 0 Å². The Kier molecular flexibility index (Phi) is 3.29. The Morgan fingerprint density at radius 2 is 2.28 bits per heavy atom. The summed E-state index contributed by atoms with van der Waals surface area (Å²) < 4.78 is 15.0. The van der Waals surface area contributed by atoms with Gasteiger partial charge < -0.3 is 0 Å². The van der Waals surface area contributed by atoms with E-state index in [1.807, 2.05) is 0 Å². The van der Waals surface area contributed by atoms with Crippen LogP contribution in [0.15, 0.2) is 24.4 Å². The summed E-state index contributed by atoms with van der Waals surface area (Å²) in [4.78, 5) is 9.72. The monoisotopic (exact) mass is 269 g/mol. The summed E-state index contributed by atoms with van der Waals surface area (Å²) in [6.45, 7) is 2.10. The van der Waals surface area contributed by atoms with Crippen LogP contribution in [0.1, 0.15) is 11.3 Å². The van der Waals surface area contributed by atoms with Crippen LogP contribution >= 0.6 is 11.6 Å². The highest BCUT2D eigenvalue weighted by Crippen LogP contribution is 2.20. The Hall–Kier alpha value is -1.95. The minimum Gasteiger partial charge on any atom is -0.264 e. The summed E-state index contributed by atoms with van der Waals surface area (Å²) in [6.07, 6.45) is 1.50. The largest absolute Gasteiger partial charge is 0.304 e. The number of nitro benzene ring substituents is 1. The Morgan fingerprint density at radius 1 is 1.56 bits per heavy atom. The van der Waals surface area contributed by atoms with Crippen molar-refractivity contribution < 1.29 is 9.31 Å². The Labute approximate surface area is 107 Å². The molecule has 0 saturated carbocycles. The zero-order valence-electron chi connectivity index (χ0n) is 9.43. The van der Waals surface area contributed by atoms with Gasteiger partial charge in [-0.3, -0.25) is 14.8 Å². The molecule has 0 aliphatic rings. The first-order chi connectivity index (χ1) is 8.49. The van der Waals surface area contributed by atoms with Gasteiger partial charge in [0.15, 0.2) is 0 Å². The number of rotatable bonds is 3. The van der Waals surface area contributed by atoms with Crippen LogP contribution in [-0.4, -0.2) is 14.7 Å². The number of aromatic nitrogens is 2. The fraction of sp³-hybridized carbons (Fsp3) is 0.182. The van der Waals surface area contributed by atoms with Gasteiger partial charge in [0.2, 0.25) is 5.82 Å². The molecule has 0 amide bonds. The lowest BCUT2D eigenvalue weighted by molar-refractivity contribution is -0.387. The van der Waals surface area contributed by atoms with E-state index >= 15 is 0 Å². The third-order valence-electron chi connectivity index (χ3n) is 2.58. The third kappa shape index (κ3) is 2.33. The predicted molar refractivity (Wildman–Crippen MR) is 64.1 cm³/mol. The van der Waals surface area contributed by atoms with Crippen molar-refractivity contribution in [2.24, 2.45) is 0 Å². The van der Waals surface area contributed by atoms with Crippen LogP contribution in [-0.2, 0) is 6.54 Å². The molecule has 2 rings (SSSR count). The summed E-state index contributed by atoms with van der Waals surface area (Å²) in [7, 11) is 0. The molecule has 0 unspecified atom stereocenters. The molecule has 0 saturated heterocycles. The predicted octanol–water partition coefficient (Wildman–Crippen LogP) is 2.94. The lowest BCUT2D eigenvalue weighted by Crippen LogP contribution is -2.04. The zero-order valence-corrected chi connectivity index (χ0v) is 10.2. The highest BCUT2D eigenvalue weighted by Gasteiger charge is 2.14. The molecule has 18 heavy (non-hydrogen) atoms. The molecule has 7 heteroatoms. The van der Waals surface area contributed by atoms with Crippen LogP contribution in [0.3, 0.4) is 0 Å². The van der Waals surface area contributed by atoms with Crippen LogP contribution in [0.4, 0.5) is 10.1 Å². The number of benzene rings is 1. The first-order valence-electron chi connectivity index (χ1n) is 5.10. The molecule has 0 aliphatic carbocycles. The van der Waals surface area contributed by atoms with E-state index in [0.717, 1.165) is 17.8 Å². The van der Waals surface area contributed by atoms with Crippen molar-refractivity contribution in [1.29, 1.82) is 0 Å². The van der Waals surface area contributed by atoms with Crippen LogP contribution in [0.25, 0.3) is 0 Å². The molecule has 94 valence electrons. The smallest absolute Gasteiger partial charge is 0.264 e. The number of nitrogens with zero attached hydrogens (tertiary/aromatic N) is 3. The normalized spacial score (nSPS) is 10.6. The van der Waals surface area contributed by atoms with Gasteiger partial charge in [-0.05, 0) is 18.6 Å². The molecular formula is C11H9ClFN3O2. The average Bonchev–Trinajstić information content (AvgIpc) is 2.61. The molecule has 0 N–H and O–H groups in total. The van der Waals surface area contributed by atoms with Crippen molar-refractivity contribution in [2.45, 2.75) is 13.5 Å². The molecule has 1 aromatic carbocycles. The second-order valence-corrected chi connectivity index (χ2v) is 4.19. The minimum absolute atomic E-state index is 0.313. The second-order valence-electron chi connectivity index (χ2n) is 3.78. The molecular weight excluding hydrogens is 261 g/mol. The fourth-order valence-electron chi connectivity index (χ4n) is 1.55. The van der Waals surface area contributed by atoms with E-state index < -0.39 is 16.4 Å². The van der Waals surface area contributed by atoms with E-state index in [1.165, 1.54) is 12.3 Å². The molecule has 0 aliphatic heterocycles. The number of hydrogen-bond donors (Lipinski definition) is 0. The molecule has 2 aromatic rings. The molecule has 1 heterocycles. The lowest BCUT2D eigenvalue weighted by Gasteiger charge is -2.05. The average molecular weight is 270 g/mol. The quantitative estimate of drug-likeness (QED) is 0.636. The van der Waals surface area contributed by atoms with E-state index in [1.54, 1.807) is 11.6 Å². The Balaban J connectivity index is 2.28. The number of halogens is 2. The van der Waals surface area contributed by atoms with Gasteiger partial charge in [-0.25, -0.2) is 0 Å². The Morgan fingerprint density at radius 3 is 2.78 bits per heavy atom. The standard InChI is InChI=1S/C11H9ClFN3O2/c1-7-9(12)5-14-15(7)6-8-2-3-11(16(17)18)10(13)4-8/h2-5H,6H2,1H3. The van der Waals surface area contributed by atoms with Crippen LogP contribution in [0.2, 0.25) is 5.02 Å². The van der Waals surface area contributed by atoms with E-state index in [2.05, 4.69) is 5.10 Å². The maximum atomic E-state index is 13.4. The van der Waals surface area contributed by atoms with Gasteiger partial charge in [0.25, 0.3) is 0 Å². The highest BCUT2D eigenvalue weighted by atomic mass is 35.5. The van der Waals surface area contributed by atoms with Crippen LogP contribution in [0, 0.1) is 22.9 Å². The van der Waals surface area contributed by atoms with E-state index in [9.17, 15) is 14.5 Å². The number of hydrogen-bond acceptors (Lipinski definition) is 3. The summed E-state index contributed by atoms with van der Waals surface area (Å²) in [5.74, 6) is -0.853. The maximum Gasteiger partial charge on any atom is 0.304 e. The van der Waals surface area contributed by atoms with Crippen molar-refractivity contribution in [3.05, 3.63) is 56.6 Å². The van der Waals surface area contributed by atoms with Gasteiger partial charge in [-0.1, -0.05) is 17.7 Å². The lowest BCUT2D eigenvalue weighted by atomic mass is 10.2. The molecule has 0 spiro atoms. The molecule has 0 bridgehead atoms. The van der Waals surface area contributed by atoms with Crippen molar-refractivity contribution in [3.63, 3.8) is 0 Å². The van der Waals surface area contributed by atoms with E-state index in [4.69, 9.17) is 11.6 Å². The maximum absolute atomic E-state index is 13.4. The van der Waals surface area contributed by atoms with Crippen molar-refractivity contribution in [1.82, 2.24) is 9.78 Å². The summed E-state index contributed by atoms with van der Waals surface area (Å²) in [6, 6.07) is 3.77. The van der Waals surface area contributed by atoms with Crippen molar-refractivity contribution >= 4 is 17.3 Å². The summed E-state index contributed by atoms with van der Waals surface area (Å²) in [5, 5.41) is 15.0. The van der Waals surface area contributed by atoms with E-state index in [-0.39, 0.29) is 0 Å². The first kappa shape index (κ1) is 12.5. The zero-order chi connectivity index (χ0) is 13.3. The van der Waals surface area contributed by atoms with Gasteiger partial charge in [-0.15, -0.1) is 0 Å². The second kappa shape index (κ2) is 4.73. The Bertz CT molecular complexity index is 612. The van der Waals surface area contributed by atoms with Crippen LogP contribution in [0.5, 0.6) is 0 Å². The van der Waals surface area contributed by atoms with Gasteiger partial charge in [-0.2, -0.15) is 9.49 Å². The first-order valence-corrected chi connectivity index (χ1v) is 5.47. The van der Waals surface area contributed by atoms with Gasteiger partial charge >= 0.3 is 5.69 Å². The van der Waals surface area contributed by atoms with E-state index in [0.29, 0.717) is 17.1 Å². The van der Waals surface area contributed by atoms with Gasteiger partial charge in [0.05, 0.1) is 28.4 Å². The molecule has 1 aromatic heterocycles. The molecule has 0 atom stereocenters. The fourth-order valence-corrected chi connectivity index (χ4v) is 1.69. The third-order valence-corrected chi connectivity index (χ3v) is 2.96.